The van der Waals surface area contributed by atoms with Gasteiger partial charge in [0.15, 0.2) is 0 Å². The number of carbonyl (C=O) groups excluding carboxylic acids is 1. The standard InChI is InChI=1S/C16H24N2O/c1-2-3-9-15(17)16(19)18-11-10-14(12-18)13-7-5-4-6-8-13/h4-8,14-15H,2-3,9-12,17H2,1H3/t14?,15-/m0/s1. The van der Waals surface area contributed by atoms with Crippen molar-refractivity contribution in [2.24, 2.45) is 5.73 Å². The van der Waals surface area contributed by atoms with Crippen molar-refractivity contribution in [2.45, 2.75) is 44.6 Å². The molecule has 0 saturated carbocycles. The van der Waals surface area contributed by atoms with Crippen LogP contribution in [0.2, 0.25) is 0 Å². The summed E-state index contributed by atoms with van der Waals surface area (Å²) < 4.78 is 0. The molecule has 1 unspecified atom stereocenters. The molecular formula is C16H24N2O. The number of nitrogens with zero attached hydrogens (tertiary/aromatic N) is 1. The first-order valence-electron chi connectivity index (χ1n) is 7.31. The molecule has 0 aliphatic carbocycles. The summed E-state index contributed by atoms with van der Waals surface area (Å²) in [6.07, 6.45) is 3.98. The van der Waals surface area contributed by atoms with Crippen LogP contribution in [0.15, 0.2) is 30.3 Å². The summed E-state index contributed by atoms with van der Waals surface area (Å²) in [7, 11) is 0. The molecule has 1 aromatic carbocycles. The lowest BCUT2D eigenvalue weighted by molar-refractivity contribution is -0.131. The van der Waals surface area contributed by atoms with Crippen LogP contribution in [0.4, 0.5) is 0 Å². The number of unbranched alkanes of at least 4 members (excludes halogenated alkanes) is 1. The number of benzene rings is 1. The quantitative estimate of drug-likeness (QED) is 0.884. The average molecular weight is 260 g/mol. The van der Waals surface area contributed by atoms with Crippen molar-refractivity contribution in [1.82, 2.24) is 4.90 Å². The second kappa shape index (κ2) is 6.71. The van der Waals surface area contributed by atoms with Crippen LogP contribution in [0.3, 0.4) is 0 Å². The number of likely N-dealkylation sites (tertiary alicyclic amines) is 1. The molecule has 104 valence electrons. The first-order chi connectivity index (χ1) is 9.22. The molecule has 2 rings (SSSR count). The molecule has 3 heteroatoms. The Labute approximate surface area is 115 Å². The van der Waals surface area contributed by atoms with Crippen molar-refractivity contribution in [1.29, 1.82) is 0 Å². The van der Waals surface area contributed by atoms with E-state index >= 15 is 0 Å². The molecule has 0 aromatic heterocycles. The van der Waals surface area contributed by atoms with E-state index in [-0.39, 0.29) is 11.9 Å². The fraction of sp³-hybridized carbons (Fsp3) is 0.562. The van der Waals surface area contributed by atoms with Gasteiger partial charge in [0.1, 0.15) is 0 Å². The normalized spacial score (nSPS) is 20.5. The molecule has 3 nitrogen and oxygen atoms in total. The molecule has 2 N–H and O–H groups in total. The van der Waals surface area contributed by atoms with Crippen molar-refractivity contribution >= 4 is 5.91 Å². The van der Waals surface area contributed by atoms with Crippen LogP contribution in [0, 0.1) is 0 Å². The first-order valence-corrected chi connectivity index (χ1v) is 7.31. The van der Waals surface area contributed by atoms with Gasteiger partial charge >= 0.3 is 0 Å². The Morgan fingerprint density at radius 3 is 2.84 bits per heavy atom. The number of rotatable bonds is 5. The van der Waals surface area contributed by atoms with Gasteiger partial charge in [-0.2, -0.15) is 0 Å². The molecule has 0 spiro atoms. The molecule has 1 aromatic rings. The summed E-state index contributed by atoms with van der Waals surface area (Å²) in [5.74, 6) is 0.607. The van der Waals surface area contributed by atoms with E-state index in [1.165, 1.54) is 5.56 Å². The summed E-state index contributed by atoms with van der Waals surface area (Å²) in [6, 6.07) is 10.1. The summed E-state index contributed by atoms with van der Waals surface area (Å²) in [4.78, 5) is 14.2. The maximum Gasteiger partial charge on any atom is 0.239 e. The predicted molar refractivity (Wildman–Crippen MR) is 77.9 cm³/mol. The highest BCUT2D eigenvalue weighted by atomic mass is 16.2. The van der Waals surface area contributed by atoms with E-state index in [9.17, 15) is 4.79 Å². The van der Waals surface area contributed by atoms with Gasteiger partial charge in [-0.05, 0) is 18.4 Å². The van der Waals surface area contributed by atoms with Crippen LogP contribution in [0.1, 0.15) is 44.1 Å². The van der Waals surface area contributed by atoms with Crippen molar-refractivity contribution in [3.8, 4) is 0 Å². The summed E-state index contributed by atoms with van der Waals surface area (Å²) in [5.41, 5.74) is 7.31. The lowest BCUT2D eigenvalue weighted by Gasteiger charge is -2.21. The van der Waals surface area contributed by atoms with Crippen LogP contribution >= 0.6 is 0 Å². The third-order valence-electron chi connectivity index (χ3n) is 3.96. The molecule has 19 heavy (non-hydrogen) atoms. The van der Waals surface area contributed by atoms with Crippen molar-refractivity contribution in [3.63, 3.8) is 0 Å². The Bertz CT molecular complexity index is 404. The monoisotopic (exact) mass is 260 g/mol. The minimum Gasteiger partial charge on any atom is -0.341 e. The van der Waals surface area contributed by atoms with E-state index in [0.29, 0.717) is 5.92 Å². The van der Waals surface area contributed by atoms with E-state index < -0.39 is 0 Å². The van der Waals surface area contributed by atoms with Gasteiger partial charge in [-0.25, -0.2) is 0 Å². The van der Waals surface area contributed by atoms with E-state index in [1.807, 2.05) is 11.0 Å². The van der Waals surface area contributed by atoms with Crippen LogP contribution in [-0.2, 0) is 4.79 Å². The molecule has 0 radical (unpaired) electrons. The molecule has 0 bridgehead atoms. The third kappa shape index (κ3) is 3.57. The van der Waals surface area contributed by atoms with Gasteiger partial charge in [-0.1, -0.05) is 50.1 Å². The second-order valence-corrected chi connectivity index (χ2v) is 5.43. The average Bonchev–Trinajstić information content (AvgIpc) is 2.94. The highest BCUT2D eigenvalue weighted by Crippen LogP contribution is 2.27. The Kier molecular flexibility index (Phi) is 4.97. The largest absolute Gasteiger partial charge is 0.341 e. The van der Waals surface area contributed by atoms with Crippen LogP contribution in [0.5, 0.6) is 0 Å². The maximum absolute atomic E-state index is 12.2. The van der Waals surface area contributed by atoms with Crippen molar-refractivity contribution < 1.29 is 4.79 Å². The van der Waals surface area contributed by atoms with Crippen molar-refractivity contribution in [3.05, 3.63) is 35.9 Å². The van der Waals surface area contributed by atoms with Crippen LogP contribution < -0.4 is 5.73 Å². The summed E-state index contributed by atoms with van der Waals surface area (Å²) in [6.45, 7) is 3.79. The van der Waals surface area contributed by atoms with E-state index in [0.717, 1.165) is 38.8 Å². The Morgan fingerprint density at radius 2 is 2.16 bits per heavy atom. The SMILES string of the molecule is CCCC[C@H](N)C(=O)N1CCC(c2ccccc2)C1. The zero-order valence-corrected chi connectivity index (χ0v) is 11.7. The van der Waals surface area contributed by atoms with Crippen LogP contribution in [-0.4, -0.2) is 29.9 Å². The molecule has 1 aliphatic rings. The number of amides is 1. The Hall–Kier alpha value is -1.35. The van der Waals surface area contributed by atoms with Gasteiger partial charge in [0, 0.05) is 19.0 Å². The highest BCUT2D eigenvalue weighted by molar-refractivity contribution is 5.82. The third-order valence-corrected chi connectivity index (χ3v) is 3.96. The maximum atomic E-state index is 12.2. The number of hydrogen-bond acceptors (Lipinski definition) is 2. The Morgan fingerprint density at radius 1 is 1.42 bits per heavy atom. The Balaban J connectivity index is 1.89. The lowest BCUT2D eigenvalue weighted by Crippen LogP contribution is -2.42. The second-order valence-electron chi connectivity index (χ2n) is 5.43. The van der Waals surface area contributed by atoms with E-state index in [2.05, 4.69) is 31.2 Å². The van der Waals surface area contributed by atoms with Crippen molar-refractivity contribution in [2.75, 3.05) is 13.1 Å². The zero-order chi connectivity index (χ0) is 13.7. The molecule has 1 heterocycles. The molecule has 1 amide bonds. The predicted octanol–water partition coefficient (Wildman–Crippen LogP) is 2.52. The number of carbonyl (C=O) groups is 1. The fourth-order valence-electron chi connectivity index (χ4n) is 2.74. The minimum atomic E-state index is -0.311. The minimum absolute atomic E-state index is 0.131. The van der Waals surface area contributed by atoms with Gasteiger partial charge in [0.2, 0.25) is 5.91 Å². The fourth-order valence-corrected chi connectivity index (χ4v) is 2.74. The molecule has 1 saturated heterocycles. The zero-order valence-electron chi connectivity index (χ0n) is 11.7. The van der Waals surface area contributed by atoms with Gasteiger partial charge < -0.3 is 10.6 Å². The summed E-state index contributed by atoms with van der Waals surface area (Å²) in [5, 5.41) is 0. The van der Waals surface area contributed by atoms with E-state index in [1.54, 1.807) is 0 Å². The van der Waals surface area contributed by atoms with Crippen LogP contribution in [0.25, 0.3) is 0 Å². The smallest absolute Gasteiger partial charge is 0.239 e. The first kappa shape index (κ1) is 14.1. The molecule has 1 aliphatic heterocycles. The highest BCUT2D eigenvalue weighted by Gasteiger charge is 2.29. The van der Waals surface area contributed by atoms with Gasteiger partial charge in [0.05, 0.1) is 6.04 Å². The van der Waals surface area contributed by atoms with Gasteiger partial charge in [0.25, 0.3) is 0 Å². The van der Waals surface area contributed by atoms with E-state index in [4.69, 9.17) is 5.73 Å². The number of nitrogens with two attached hydrogens (primary N) is 1. The lowest BCUT2D eigenvalue weighted by atomic mass is 9.99. The van der Waals surface area contributed by atoms with Gasteiger partial charge in [-0.3, -0.25) is 4.79 Å². The van der Waals surface area contributed by atoms with Gasteiger partial charge in [-0.15, -0.1) is 0 Å². The molecule has 2 atom stereocenters. The number of hydrogen-bond donors (Lipinski definition) is 1. The summed E-state index contributed by atoms with van der Waals surface area (Å²) >= 11 is 0. The molecular weight excluding hydrogens is 236 g/mol. The molecule has 1 fully saturated rings. The topological polar surface area (TPSA) is 46.3 Å².